The van der Waals surface area contributed by atoms with Crippen LogP contribution in [0.2, 0.25) is 0 Å². The lowest BCUT2D eigenvalue weighted by atomic mass is 9.89. The molecule has 5 nitrogen and oxygen atoms in total. The van der Waals surface area contributed by atoms with E-state index in [0.29, 0.717) is 16.8 Å². The van der Waals surface area contributed by atoms with Crippen LogP contribution in [0.5, 0.6) is 5.75 Å². The molecule has 1 aromatic rings. The molecule has 0 bridgehead atoms. The molecule has 1 amide bonds. The van der Waals surface area contributed by atoms with Crippen LogP contribution in [0, 0.1) is 18.3 Å². The molecule has 1 atom stereocenters. The Bertz CT molecular complexity index is 831. The van der Waals surface area contributed by atoms with Gasteiger partial charge < -0.3 is 9.47 Å². The second kappa shape index (κ2) is 5.82. The molecular formula is C17H13ClN2O3. The van der Waals surface area contributed by atoms with Crippen molar-refractivity contribution in [3.63, 3.8) is 0 Å². The Balaban J connectivity index is 2.16. The van der Waals surface area contributed by atoms with Crippen LogP contribution in [-0.4, -0.2) is 19.3 Å². The number of ether oxygens (including phenoxy) is 2. The second-order valence-electron chi connectivity index (χ2n) is 5.14. The van der Waals surface area contributed by atoms with E-state index in [9.17, 15) is 10.1 Å². The van der Waals surface area contributed by atoms with Crippen molar-refractivity contribution < 1.29 is 14.3 Å². The molecule has 1 N–H and O–H groups in total. The normalized spacial score (nSPS) is 18.6. The number of halogens is 1. The quantitative estimate of drug-likeness (QED) is 0.857. The lowest BCUT2D eigenvalue weighted by molar-refractivity contribution is 0.173. The highest BCUT2D eigenvalue weighted by Crippen LogP contribution is 2.40. The van der Waals surface area contributed by atoms with Crippen LogP contribution in [0.25, 0.3) is 6.08 Å². The number of amides is 1. The van der Waals surface area contributed by atoms with Crippen molar-refractivity contribution in [2.24, 2.45) is 0 Å². The minimum absolute atomic E-state index is 0.258. The Hall–Kier alpha value is -2.71. The summed E-state index contributed by atoms with van der Waals surface area (Å²) in [4.78, 5) is 11.6. The summed E-state index contributed by atoms with van der Waals surface area (Å²) in [5.41, 5.74) is 3.22. The zero-order valence-corrected chi connectivity index (χ0v) is 13.3. The number of alkyl carbamates (subject to hydrolysis) is 1. The number of allylic oxidation sites excluding steroid dienone is 2. The van der Waals surface area contributed by atoms with Gasteiger partial charge in [-0.3, -0.25) is 5.32 Å². The smallest absolute Gasteiger partial charge is 0.411 e. The number of rotatable bonds is 1. The van der Waals surface area contributed by atoms with Gasteiger partial charge in [0.05, 0.1) is 29.5 Å². The van der Waals surface area contributed by atoms with Crippen molar-refractivity contribution >= 4 is 23.8 Å². The first-order chi connectivity index (χ1) is 11.0. The van der Waals surface area contributed by atoms with Gasteiger partial charge in [0.2, 0.25) is 0 Å². The molecule has 1 heterocycles. The van der Waals surface area contributed by atoms with Gasteiger partial charge in [-0.15, -0.1) is 0 Å². The lowest BCUT2D eigenvalue weighted by Crippen LogP contribution is -2.35. The Morgan fingerprint density at radius 3 is 2.91 bits per heavy atom. The molecule has 1 unspecified atom stereocenters. The zero-order valence-electron chi connectivity index (χ0n) is 12.5. The number of hydrogen-bond donors (Lipinski definition) is 1. The third kappa shape index (κ3) is 2.58. The standard InChI is InChI=1S/C17H13ClN2O3/c1-9-4-3-5-10-6-12-14(20-17(21)22-2)13(18)7-11(8-19)16(12)23-15(9)10/h3-7,16H,1-2H3,(H,20,21). The number of hydrogen-bond acceptors (Lipinski definition) is 4. The molecule has 116 valence electrons. The van der Waals surface area contributed by atoms with E-state index in [0.717, 1.165) is 16.9 Å². The minimum atomic E-state index is -0.637. The number of aryl methyl sites for hydroxylation is 1. The van der Waals surface area contributed by atoms with Crippen LogP contribution < -0.4 is 10.1 Å². The maximum atomic E-state index is 11.6. The fourth-order valence-corrected chi connectivity index (χ4v) is 2.88. The molecule has 1 aromatic carbocycles. The number of nitrogens with zero attached hydrogens (tertiary/aromatic N) is 1. The predicted octanol–water partition coefficient (Wildman–Crippen LogP) is 3.41. The van der Waals surface area contributed by atoms with Gasteiger partial charge in [-0.25, -0.2) is 4.79 Å². The molecule has 0 aromatic heterocycles. The number of nitrogens with one attached hydrogen (secondary N) is 1. The summed E-state index contributed by atoms with van der Waals surface area (Å²) in [6, 6.07) is 7.86. The van der Waals surface area contributed by atoms with Gasteiger partial charge in [0.1, 0.15) is 5.75 Å². The van der Waals surface area contributed by atoms with E-state index < -0.39 is 12.2 Å². The van der Waals surface area contributed by atoms with Crippen molar-refractivity contribution in [2.75, 3.05) is 7.11 Å². The van der Waals surface area contributed by atoms with Crippen LogP contribution >= 0.6 is 11.6 Å². The van der Waals surface area contributed by atoms with E-state index >= 15 is 0 Å². The summed E-state index contributed by atoms with van der Waals surface area (Å²) in [6.45, 7) is 1.94. The Kier molecular flexibility index (Phi) is 3.85. The summed E-state index contributed by atoms with van der Waals surface area (Å²) < 4.78 is 10.6. The van der Waals surface area contributed by atoms with Crippen molar-refractivity contribution in [3.05, 3.63) is 57.3 Å². The van der Waals surface area contributed by atoms with Crippen molar-refractivity contribution in [2.45, 2.75) is 13.0 Å². The highest BCUT2D eigenvalue weighted by Gasteiger charge is 2.34. The van der Waals surface area contributed by atoms with E-state index in [4.69, 9.17) is 16.3 Å². The lowest BCUT2D eigenvalue weighted by Gasteiger charge is -2.32. The van der Waals surface area contributed by atoms with Gasteiger partial charge in [0.25, 0.3) is 0 Å². The average molecular weight is 329 g/mol. The third-order valence-corrected chi connectivity index (χ3v) is 4.00. The highest BCUT2D eigenvalue weighted by atomic mass is 35.5. The SMILES string of the molecule is COC(=O)NC1=C(Cl)C=C(C#N)C2Oc3c(C)cccc3C=C12. The largest absolute Gasteiger partial charge is 0.479 e. The zero-order chi connectivity index (χ0) is 16.6. The van der Waals surface area contributed by atoms with Gasteiger partial charge >= 0.3 is 6.09 Å². The van der Waals surface area contributed by atoms with E-state index in [1.54, 1.807) is 0 Å². The number of benzene rings is 1. The summed E-state index contributed by atoms with van der Waals surface area (Å²) in [5.74, 6) is 0.720. The van der Waals surface area contributed by atoms with Crippen LogP contribution in [0.15, 0.2) is 46.2 Å². The topological polar surface area (TPSA) is 71.3 Å². The van der Waals surface area contributed by atoms with Crippen molar-refractivity contribution in [1.82, 2.24) is 5.32 Å². The van der Waals surface area contributed by atoms with E-state index in [2.05, 4.69) is 16.1 Å². The third-order valence-electron chi connectivity index (χ3n) is 3.71. The molecule has 1 aliphatic carbocycles. The molecule has 0 spiro atoms. The molecular weight excluding hydrogens is 316 g/mol. The van der Waals surface area contributed by atoms with Crippen LogP contribution in [0.1, 0.15) is 11.1 Å². The highest BCUT2D eigenvalue weighted by molar-refractivity contribution is 6.32. The van der Waals surface area contributed by atoms with Crippen LogP contribution in [0.3, 0.4) is 0 Å². The fourth-order valence-electron chi connectivity index (χ4n) is 2.61. The summed E-state index contributed by atoms with van der Waals surface area (Å²) in [5, 5.41) is 12.2. The van der Waals surface area contributed by atoms with E-state index in [1.165, 1.54) is 13.2 Å². The van der Waals surface area contributed by atoms with Crippen molar-refractivity contribution in [1.29, 1.82) is 5.26 Å². The van der Waals surface area contributed by atoms with Gasteiger partial charge in [-0.1, -0.05) is 29.8 Å². The summed E-state index contributed by atoms with van der Waals surface area (Å²) >= 11 is 6.22. The maximum absolute atomic E-state index is 11.6. The first-order valence-corrected chi connectivity index (χ1v) is 7.27. The van der Waals surface area contributed by atoms with Crippen LogP contribution in [0.4, 0.5) is 4.79 Å². The molecule has 0 saturated carbocycles. The molecule has 0 saturated heterocycles. The molecule has 0 fully saturated rings. The Morgan fingerprint density at radius 2 is 2.22 bits per heavy atom. The number of carbonyl (C=O) groups excluding carboxylic acids is 1. The fraction of sp³-hybridized carbons (Fsp3) is 0.176. The van der Waals surface area contributed by atoms with Gasteiger partial charge in [-0.2, -0.15) is 5.26 Å². The predicted molar refractivity (Wildman–Crippen MR) is 85.7 cm³/mol. The Labute approximate surface area is 138 Å². The van der Waals surface area contributed by atoms with E-state index in [-0.39, 0.29) is 5.03 Å². The second-order valence-corrected chi connectivity index (χ2v) is 5.55. The number of methoxy groups -OCH3 is 1. The number of fused-ring (bicyclic) bond motifs is 2. The number of para-hydroxylation sites is 1. The molecule has 1 aliphatic heterocycles. The number of nitriles is 1. The van der Waals surface area contributed by atoms with Crippen LogP contribution in [-0.2, 0) is 4.74 Å². The van der Waals surface area contributed by atoms with Gasteiger partial charge in [0.15, 0.2) is 6.10 Å². The molecule has 3 rings (SSSR count). The van der Waals surface area contributed by atoms with Gasteiger partial charge in [-0.05, 0) is 24.6 Å². The maximum Gasteiger partial charge on any atom is 0.411 e. The molecule has 6 heteroatoms. The Morgan fingerprint density at radius 1 is 1.43 bits per heavy atom. The van der Waals surface area contributed by atoms with Crippen molar-refractivity contribution in [3.8, 4) is 11.8 Å². The van der Waals surface area contributed by atoms with E-state index in [1.807, 2.05) is 31.2 Å². The van der Waals surface area contributed by atoms with Gasteiger partial charge in [0, 0.05) is 11.1 Å². The number of carbonyl (C=O) groups is 1. The first kappa shape index (κ1) is 15.2. The molecule has 23 heavy (non-hydrogen) atoms. The summed E-state index contributed by atoms with van der Waals surface area (Å²) in [6.07, 6.45) is 2.12. The minimum Gasteiger partial charge on any atom is -0.479 e. The first-order valence-electron chi connectivity index (χ1n) is 6.89. The average Bonchev–Trinajstić information content (AvgIpc) is 2.56. The molecule has 2 aliphatic rings. The monoisotopic (exact) mass is 328 g/mol. The molecule has 0 radical (unpaired) electrons. The summed E-state index contributed by atoms with van der Waals surface area (Å²) in [7, 11) is 1.27.